The Bertz CT molecular complexity index is 2930. The molecule has 2 saturated carbocycles. The summed E-state index contributed by atoms with van der Waals surface area (Å²) in [6.07, 6.45) is 12.5. The molecule has 4 fully saturated rings. The van der Waals surface area contributed by atoms with Crippen LogP contribution in [0.2, 0.25) is 0 Å². The summed E-state index contributed by atoms with van der Waals surface area (Å²) in [6, 6.07) is 18.3. The summed E-state index contributed by atoms with van der Waals surface area (Å²) in [5, 5.41) is 15.9. The van der Waals surface area contributed by atoms with Gasteiger partial charge in [0.25, 0.3) is 27.5 Å². The van der Waals surface area contributed by atoms with E-state index in [2.05, 4.69) is 81.8 Å². The third-order valence-corrected chi connectivity index (χ3v) is 17.5. The lowest BCUT2D eigenvalue weighted by atomic mass is 9.59. The molecule has 3 aromatic carbocycles. The van der Waals surface area contributed by atoms with Gasteiger partial charge in [0.15, 0.2) is 17.2 Å². The van der Waals surface area contributed by atoms with Crippen LogP contribution in [0.1, 0.15) is 139 Å². The minimum Gasteiger partial charge on any atom is -0.489 e. The van der Waals surface area contributed by atoms with Crippen LogP contribution >= 0.6 is 0 Å². The Morgan fingerprint density at radius 1 is 1.01 bits per heavy atom. The monoisotopic (exact) mass is 991 g/mol. The second-order valence-corrected chi connectivity index (χ2v) is 23.4. The van der Waals surface area contributed by atoms with Crippen LogP contribution < -0.4 is 29.1 Å². The number of aromatic amines is 1. The Balaban J connectivity index is 0.895. The van der Waals surface area contributed by atoms with Crippen molar-refractivity contribution < 1.29 is 36.7 Å². The maximum absolute atomic E-state index is 15.0. The molecule has 2 saturated heterocycles. The van der Waals surface area contributed by atoms with Crippen LogP contribution in [0.4, 0.5) is 21.5 Å². The summed E-state index contributed by atoms with van der Waals surface area (Å²) < 4.78 is 63.9. The largest absolute Gasteiger partial charge is 0.489 e. The molecule has 17 heteroatoms. The number of nitrogens with one attached hydrogen (secondary N) is 3. The SMILES string of the molecule is CCCOc1nc2[nH]cc(F)c2cc1Oc1cc(N2CCC3(CC2)CC(N2CCC[C@H]2c2ccccc2C(C)C)C3)ccc1C(=O)NS(=O)(=O)c1cc2c(c([N+](=O)[O-])c1)N[C@@H](C1CCC(C)(C)CC1)CO2. The van der Waals surface area contributed by atoms with Gasteiger partial charge in [0, 0.05) is 61.3 Å². The molecule has 5 aliphatic rings. The predicted octanol–water partition coefficient (Wildman–Crippen LogP) is 11.4. The van der Waals surface area contributed by atoms with E-state index in [0.717, 1.165) is 82.8 Å². The molecule has 0 unspecified atom stereocenters. The molecule has 0 radical (unpaired) electrons. The lowest BCUT2D eigenvalue weighted by Gasteiger charge is -2.56. The van der Waals surface area contributed by atoms with Gasteiger partial charge in [0.1, 0.15) is 23.8 Å². The number of H-pyrrole nitrogens is 1. The number of likely N-dealkylation sites (tertiary alicyclic amines) is 1. The zero-order valence-corrected chi connectivity index (χ0v) is 42.2. The molecule has 5 aromatic rings. The zero-order chi connectivity index (χ0) is 49.8. The van der Waals surface area contributed by atoms with Crippen LogP contribution in [0, 0.1) is 32.7 Å². The van der Waals surface area contributed by atoms with Crippen molar-refractivity contribution in [3.8, 4) is 23.1 Å². The van der Waals surface area contributed by atoms with Gasteiger partial charge in [-0.25, -0.2) is 17.5 Å². The van der Waals surface area contributed by atoms with Gasteiger partial charge in [0.2, 0.25) is 0 Å². The molecule has 2 atom stereocenters. The highest BCUT2D eigenvalue weighted by molar-refractivity contribution is 7.90. The number of sulfonamides is 1. The second-order valence-electron chi connectivity index (χ2n) is 21.8. The number of anilines is 2. The molecule has 3 aliphatic heterocycles. The molecular weight excluding hydrogens is 926 g/mol. The Labute approximate surface area is 415 Å². The molecule has 10 rings (SSSR count). The summed E-state index contributed by atoms with van der Waals surface area (Å²) in [4.78, 5) is 38.0. The van der Waals surface area contributed by atoms with Gasteiger partial charge < -0.3 is 29.4 Å². The summed E-state index contributed by atoms with van der Waals surface area (Å²) in [5.41, 5.74) is 3.89. The van der Waals surface area contributed by atoms with Crippen LogP contribution in [0.15, 0.2) is 71.8 Å². The highest BCUT2D eigenvalue weighted by Crippen LogP contribution is 2.55. The fourth-order valence-electron chi connectivity index (χ4n) is 12.0. The minimum absolute atomic E-state index is 0.0134. The molecule has 5 heterocycles. The van der Waals surface area contributed by atoms with E-state index in [1.165, 1.54) is 48.4 Å². The lowest BCUT2D eigenvalue weighted by molar-refractivity contribution is -0.384. The minimum atomic E-state index is -4.73. The van der Waals surface area contributed by atoms with Gasteiger partial charge >= 0.3 is 0 Å². The molecule has 71 heavy (non-hydrogen) atoms. The van der Waals surface area contributed by atoms with Gasteiger partial charge in [0.05, 0.1) is 33.4 Å². The van der Waals surface area contributed by atoms with E-state index in [-0.39, 0.29) is 81.4 Å². The van der Waals surface area contributed by atoms with Crippen LogP contribution in [-0.2, 0) is 10.0 Å². The van der Waals surface area contributed by atoms with Crippen molar-refractivity contribution in [2.75, 3.05) is 43.1 Å². The number of nitrogens with zero attached hydrogens (tertiary/aromatic N) is 4. The van der Waals surface area contributed by atoms with Gasteiger partial charge in [-0.05, 0) is 123 Å². The maximum atomic E-state index is 15.0. The van der Waals surface area contributed by atoms with Crippen LogP contribution in [0.3, 0.4) is 0 Å². The highest BCUT2D eigenvalue weighted by Gasteiger charge is 2.50. The van der Waals surface area contributed by atoms with Crippen molar-refractivity contribution in [2.45, 2.75) is 134 Å². The molecule has 1 spiro atoms. The molecule has 2 aromatic heterocycles. The zero-order valence-electron chi connectivity index (χ0n) is 41.4. The summed E-state index contributed by atoms with van der Waals surface area (Å²) in [7, 11) is -4.73. The fourth-order valence-corrected chi connectivity index (χ4v) is 13.0. The first-order chi connectivity index (χ1) is 34.0. The number of hydrogen-bond donors (Lipinski definition) is 3. The van der Waals surface area contributed by atoms with Crippen LogP contribution in [0.5, 0.6) is 23.1 Å². The van der Waals surface area contributed by atoms with Crippen molar-refractivity contribution in [3.63, 3.8) is 0 Å². The van der Waals surface area contributed by atoms with Gasteiger partial charge in [-0.15, -0.1) is 0 Å². The number of nitro benzene ring substituents is 1. The van der Waals surface area contributed by atoms with Crippen molar-refractivity contribution in [2.24, 2.45) is 16.7 Å². The number of nitro groups is 1. The van der Waals surface area contributed by atoms with Crippen molar-refractivity contribution in [1.82, 2.24) is 19.6 Å². The van der Waals surface area contributed by atoms with E-state index in [1.807, 2.05) is 6.92 Å². The van der Waals surface area contributed by atoms with Crippen molar-refractivity contribution >= 4 is 44.0 Å². The first-order valence-corrected chi connectivity index (χ1v) is 27.0. The van der Waals surface area contributed by atoms with E-state index in [4.69, 9.17) is 14.2 Å². The topological polar surface area (TPSA) is 181 Å². The number of amides is 1. The Kier molecular flexibility index (Phi) is 13.2. The highest BCUT2D eigenvalue weighted by atomic mass is 32.2. The first kappa shape index (κ1) is 48.7. The lowest BCUT2D eigenvalue weighted by Crippen LogP contribution is -2.54. The summed E-state index contributed by atoms with van der Waals surface area (Å²) >= 11 is 0. The number of ether oxygens (including phenoxy) is 3. The van der Waals surface area contributed by atoms with E-state index >= 15 is 4.39 Å². The van der Waals surface area contributed by atoms with Gasteiger partial charge in [-0.1, -0.05) is 58.9 Å². The smallest absolute Gasteiger partial charge is 0.297 e. The van der Waals surface area contributed by atoms with Crippen LogP contribution in [0.25, 0.3) is 11.0 Å². The third kappa shape index (κ3) is 9.75. The summed E-state index contributed by atoms with van der Waals surface area (Å²) in [5.74, 6) is -0.811. The Morgan fingerprint density at radius 2 is 1.77 bits per heavy atom. The molecule has 2 aliphatic carbocycles. The number of fused-ring (bicyclic) bond motifs is 2. The standard InChI is InChI=1S/C54H66FN7O8S/c1-6-24-68-52-48(28-41-42(55)31-56-50(41)58-52)70-46-25-35(60-22-19-54(20-23-60)29-36(30-54)61-21-9-12-44(61)39-11-8-7-10-38(39)33(2)3)13-14-40(46)51(63)59-71(66,67)37-26-45(62(64)65)49-47(27-37)69-32-43(57-49)34-15-17-53(4,5)18-16-34/h7-8,10-11,13-14,25-28,31,33-34,36,43-44,57H,6,9,12,15-24,29-30,32H2,1-5H3,(H,56,58)(H,59,63)/t43-,44+/m1/s1. The number of pyridine rings is 1. The van der Waals surface area contributed by atoms with E-state index in [1.54, 1.807) is 12.1 Å². The number of aromatic nitrogens is 2. The van der Waals surface area contributed by atoms with Gasteiger partial charge in [-0.3, -0.25) is 19.8 Å². The van der Waals surface area contributed by atoms with Crippen molar-refractivity contribution in [3.05, 3.63) is 99.5 Å². The average molecular weight is 992 g/mol. The fraction of sp³-hybridized carbons (Fsp3) is 0.519. The Hall–Kier alpha value is -5.94. The molecule has 15 nitrogen and oxygen atoms in total. The number of hydrogen-bond acceptors (Lipinski definition) is 12. The molecule has 378 valence electrons. The number of carbonyl (C=O) groups excluding carboxylic acids is 1. The first-order valence-electron chi connectivity index (χ1n) is 25.5. The van der Waals surface area contributed by atoms with E-state index < -0.39 is 37.3 Å². The molecule has 0 bridgehead atoms. The van der Waals surface area contributed by atoms with Gasteiger partial charge in [-0.2, -0.15) is 4.98 Å². The normalized spacial score (nSPS) is 21.4. The van der Waals surface area contributed by atoms with E-state index in [0.29, 0.717) is 24.4 Å². The summed E-state index contributed by atoms with van der Waals surface area (Å²) in [6.45, 7) is 14.1. The Morgan fingerprint density at radius 3 is 2.51 bits per heavy atom. The maximum Gasteiger partial charge on any atom is 0.297 e. The molecule has 1 amide bonds. The quantitative estimate of drug-likeness (QED) is 0.0708. The van der Waals surface area contributed by atoms with Crippen molar-refractivity contribution in [1.29, 1.82) is 0 Å². The molecule has 3 N–H and O–H groups in total. The van der Waals surface area contributed by atoms with Crippen LogP contribution in [-0.4, -0.2) is 79.0 Å². The number of halogens is 1. The number of benzene rings is 3. The second kappa shape index (κ2) is 19.2. The number of rotatable bonds is 14. The average Bonchev–Trinajstić information content (AvgIpc) is 3.97. The predicted molar refractivity (Wildman–Crippen MR) is 271 cm³/mol. The number of carbonyl (C=O) groups is 1. The molecular formula is C54H66FN7O8S. The number of piperidine rings is 1. The third-order valence-electron chi connectivity index (χ3n) is 16.2. The van der Waals surface area contributed by atoms with E-state index in [9.17, 15) is 23.3 Å².